The Morgan fingerprint density at radius 1 is 1.12 bits per heavy atom. The average molecular weight is 355 g/mol. The van der Waals surface area contributed by atoms with E-state index >= 15 is 0 Å². The third kappa shape index (κ3) is 4.66. The molecule has 0 aliphatic heterocycles. The molecule has 1 heterocycles. The van der Waals surface area contributed by atoms with E-state index in [1.165, 1.54) is 17.4 Å². The smallest absolute Gasteiger partial charge is 0.318 e. The SMILES string of the molecule is CC(=NNC(=O)C(=O)Nc1cccc(C(F)(F)F)c1)c1cccs1. The molecule has 1 aromatic carbocycles. The lowest BCUT2D eigenvalue weighted by molar-refractivity contribution is -0.137. The van der Waals surface area contributed by atoms with E-state index in [0.717, 1.165) is 23.1 Å². The largest absolute Gasteiger partial charge is 0.416 e. The minimum Gasteiger partial charge on any atom is -0.318 e. The summed E-state index contributed by atoms with van der Waals surface area (Å²) < 4.78 is 37.8. The zero-order chi connectivity index (χ0) is 17.7. The monoisotopic (exact) mass is 355 g/mol. The van der Waals surface area contributed by atoms with Crippen LogP contribution in [-0.2, 0) is 15.8 Å². The van der Waals surface area contributed by atoms with E-state index < -0.39 is 23.6 Å². The molecule has 2 rings (SSSR count). The Bertz CT molecular complexity index is 771. The quantitative estimate of drug-likeness (QED) is 0.504. The zero-order valence-corrected chi connectivity index (χ0v) is 13.2. The molecule has 0 radical (unpaired) electrons. The molecule has 126 valence electrons. The van der Waals surface area contributed by atoms with Crippen LogP contribution in [0.15, 0.2) is 46.9 Å². The number of amides is 2. The molecule has 1 aromatic heterocycles. The second-order valence-corrected chi connectivity index (χ2v) is 5.60. The molecular formula is C15H12F3N3O2S. The number of hydrogen-bond acceptors (Lipinski definition) is 4. The van der Waals surface area contributed by atoms with Crippen LogP contribution < -0.4 is 10.7 Å². The maximum absolute atomic E-state index is 12.6. The van der Waals surface area contributed by atoms with Crippen LogP contribution >= 0.6 is 11.3 Å². The number of rotatable bonds is 3. The van der Waals surface area contributed by atoms with Gasteiger partial charge in [0.15, 0.2) is 0 Å². The highest BCUT2D eigenvalue weighted by atomic mass is 32.1. The van der Waals surface area contributed by atoms with Gasteiger partial charge >= 0.3 is 18.0 Å². The first-order valence-corrected chi connectivity index (χ1v) is 7.52. The summed E-state index contributed by atoms with van der Waals surface area (Å²) in [5.41, 5.74) is 1.50. The standard InChI is InChI=1S/C15H12F3N3O2S/c1-9(12-6-3-7-24-12)20-21-14(23)13(22)19-11-5-2-4-10(8-11)15(16,17)18/h2-8H,1H3,(H,19,22)(H,21,23). The lowest BCUT2D eigenvalue weighted by Crippen LogP contribution is -2.33. The van der Waals surface area contributed by atoms with E-state index in [1.54, 1.807) is 19.1 Å². The number of nitrogens with one attached hydrogen (secondary N) is 2. The van der Waals surface area contributed by atoms with Crippen LogP contribution in [0.4, 0.5) is 18.9 Å². The van der Waals surface area contributed by atoms with Gasteiger partial charge in [-0.25, -0.2) is 5.43 Å². The highest BCUT2D eigenvalue weighted by molar-refractivity contribution is 7.12. The summed E-state index contributed by atoms with van der Waals surface area (Å²) in [6.45, 7) is 1.65. The molecule has 2 aromatic rings. The lowest BCUT2D eigenvalue weighted by atomic mass is 10.2. The van der Waals surface area contributed by atoms with E-state index in [1.807, 2.05) is 5.38 Å². The number of carbonyl (C=O) groups is 2. The van der Waals surface area contributed by atoms with E-state index in [-0.39, 0.29) is 5.69 Å². The van der Waals surface area contributed by atoms with Crippen LogP contribution in [0.2, 0.25) is 0 Å². The van der Waals surface area contributed by atoms with Gasteiger partial charge in [0.05, 0.1) is 11.3 Å². The van der Waals surface area contributed by atoms with Crippen molar-refractivity contribution >= 4 is 34.6 Å². The molecule has 0 saturated carbocycles. The van der Waals surface area contributed by atoms with Gasteiger partial charge in [-0.2, -0.15) is 18.3 Å². The summed E-state index contributed by atoms with van der Waals surface area (Å²) in [5.74, 6) is -2.19. The van der Waals surface area contributed by atoms with Crippen molar-refractivity contribution < 1.29 is 22.8 Å². The van der Waals surface area contributed by atoms with Crippen molar-refractivity contribution in [2.75, 3.05) is 5.32 Å². The number of hydrazone groups is 1. The number of hydrogen-bond donors (Lipinski definition) is 2. The topological polar surface area (TPSA) is 70.6 Å². The Morgan fingerprint density at radius 3 is 2.50 bits per heavy atom. The lowest BCUT2D eigenvalue weighted by Gasteiger charge is -2.09. The first-order chi connectivity index (χ1) is 11.3. The Morgan fingerprint density at radius 2 is 1.88 bits per heavy atom. The minimum absolute atomic E-state index is 0.135. The Kier molecular flexibility index (Phi) is 5.35. The van der Waals surface area contributed by atoms with Crippen molar-refractivity contribution in [1.29, 1.82) is 0 Å². The maximum Gasteiger partial charge on any atom is 0.416 e. The van der Waals surface area contributed by atoms with Gasteiger partial charge in [0.2, 0.25) is 0 Å². The number of carbonyl (C=O) groups excluding carboxylic acids is 2. The summed E-state index contributed by atoms with van der Waals surface area (Å²) in [6.07, 6.45) is -4.54. The number of anilines is 1. The molecule has 0 bridgehead atoms. The second kappa shape index (κ2) is 7.26. The third-order valence-electron chi connectivity index (χ3n) is 2.86. The maximum atomic E-state index is 12.6. The van der Waals surface area contributed by atoms with Gasteiger partial charge in [0.25, 0.3) is 0 Å². The molecule has 0 saturated heterocycles. The number of nitrogens with zero attached hydrogens (tertiary/aromatic N) is 1. The molecule has 9 heteroatoms. The molecule has 0 atom stereocenters. The van der Waals surface area contributed by atoms with Crippen LogP contribution in [0.3, 0.4) is 0 Å². The fraction of sp³-hybridized carbons (Fsp3) is 0.133. The number of thiophene rings is 1. The highest BCUT2D eigenvalue weighted by Crippen LogP contribution is 2.30. The molecule has 0 spiro atoms. The van der Waals surface area contributed by atoms with Crippen molar-refractivity contribution in [2.45, 2.75) is 13.1 Å². The normalized spacial score (nSPS) is 11.9. The number of halogens is 3. The fourth-order valence-corrected chi connectivity index (χ4v) is 2.36. The molecule has 0 unspecified atom stereocenters. The Balaban J connectivity index is 1.99. The van der Waals surface area contributed by atoms with Crippen molar-refractivity contribution in [3.05, 3.63) is 52.2 Å². The van der Waals surface area contributed by atoms with E-state index in [4.69, 9.17) is 0 Å². The Labute approximate surface area is 139 Å². The van der Waals surface area contributed by atoms with Crippen LogP contribution in [0.25, 0.3) is 0 Å². The molecule has 2 amide bonds. The molecule has 0 aliphatic rings. The molecular weight excluding hydrogens is 343 g/mol. The predicted molar refractivity (Wildman–Crippen MR) is 84.7 cm³/mol. The van der Waals surface area contributed by atoms with Crippen LogP contribution in [-0.4, -0.2) is 17.5 Å². The summed E-state index contributed by atoms with van der Waals surface area (Å²) in [7, 11) is 0. The average Bonchev–Trinajstić information content (AvgIpc) is 3.06. The molecule has 5 nitrogen and oxygen atoms in total. The summed E-state index contributed by atoms with van der Waals surface area (Å²) in [6, 6.07) is 7.59. The van der Waals surface area contributed by atoms with E-state index in [9.17, 15) is 22.8 Å². The number of benzene rings is 1. The van der Waals surface area contributed by atoms with E-state index in [2.05, 4.69) is 15.8 Å². The molecule has 0 fully saturated rings. The van der Waals surface area contributed by atoms with Gasteiger partial charge in [0.1, 0.15) is 0 Å². The van der Waals surface area contributed by atoms with Crippen molar-refractivity contribution in [3.63, 3.8) is 0 Å². The number of alkyl halides is 3. The van der Waals surface area contributed by atoms with E-state index in [0.29, 0.717) is 5.71 Å². The van der Waals surface area contributed by atoms with Gasteiger partial charge in [-0.15, -0.1) is 11.3 Å². The van der Waals surface area contributed by atoms with Gasteiger partial charge < -0.3 is 5.32 Å². The summed E-state index contributed by atoms with van der Waals surface area (Å²) in [4.78, 5) is 24.2. The second-order valence-electron chi connectivity index (χ2n) is 4.65. The molecule has 24 heavy (non-hydrogen) atoms. The van der Waals surface area contributed by atoms with Crippen LogP contribution in [0, 0.1) is 0 Å². The predicted octanol–water partition coefficient (Wildman–Crippen LogP) is 3.25. The van der Waals surface area contributed by atoms with Gasteiger partial charge in [-0.1, -0.05) is 12.1 Å². The molecule has 2 N–H and O–H groups in total. The Hall–Kier alpha value is -2.68. The van der Waals surface area contributed by atoms with Crippen LogP contribution in [0.5, 0.6) is 0 Å². The van der Waals surface area contributed by atoms with Crippen LogP contribution in [0.1, 0.15) is 17.4 Å². The summed E-state index contributed by atoms with van der Waals surface area (Å²) >= 11 is 1.41. The van der Waals surface area contributed by atoms with Crippen molar-refractivity contribution in [2.24, 2.45) is 5.10 Å². The van der Waals surface area contributed by atoms with Gasteiger partial charge in [-0.3, -0.25) is 9.59 Å². The zero-order valence-electron chi connectivity index (χ0n) is 12.3. The first kappa shape index (κ1) is 17.7. The first-order valence-electron chi connectivity index (χ1n) is 6.64. The van der Waals surface area contributed by atoms with Gasteiger partial charge in [0, 0.05) is 10.6 Å². The highest BCUT2D eigenvalue weighted by Gasteiger charge is 2.30. The third-order valence-corrected chi connectivity index (χ3v) is 3.84. The molecule has 0 aliphatic carbocycles. The van der Waals surface area contributed by atoms with Gasteiger partial charge in [-0.05, 0) is 36.6 Å². The van der Waals surface area contributed by atoms with Crippen molar-refractivity contribution in [1.82, 2.24) is 5.43 Å². The fourth-order valence-electron chi connectivity index (χ4n) is 1.69. The minimum atomic E-state index is -4.54. The van der Waals surface area contributed by atoms with Crippen molar-refractivity contribution in [3.8, 4) is 0 Å². The summed E-state index contributed by atoms with van der Waals surface area (Å²) in [5, 5.41) is 7.70.